The maximum Gasteiger partial charge on any atom is 0.0639 e. The molecular formula is C15H26N2O. The summed E-state index contributed by atoms with van der Waals surface area (Å²) in [7, 11) is 5.88. The standard InChI is InChI=1S/C15H26N2O/c1-12-11-13(17(4)5)7-8-14(12)16-10-9-15(2,3)18-6/h7-8,11,16H,9-10H2,1-6H3. The molecule has 0 aliphatic carbocycles. The van der Waals surface area contributed by atoms with Crippen molar-refractivity contribution in [1.29, 1.82) is 0 Å². The third-order valence-corrected chi connectivity index (χ3v) is 3.32. The minimum absolute atomic E-state index is 0.0650. The van der Waals surface area contributed by atoms with Crippen LogP contribution in [0.15, 0.2) is 18.2 Å². The maximum absolute atomic E-state index is 5.41. The molecule has 3 nitrogen and oxygen atoms in total. The van der Waals surface area contributed by atoms with Crippen LogP contribution in [0.3, 0.4) is 0 Å². The van der Waals surface area contributed by atoms with Crippen LogP contribution in [-0.2, 0) is 4.74 Å². The Hall–Kier alpha value is -1.22. The molecule has 1 rings (SSSR count). The Morgan fingerprint density at radius 3 is 2.44 bits per heavy atom. The van der Waals surface area contributed by atoms with Crippen LogP contribution in [0, 0.1) is 6.92 Å². The van der Waals surface area contributed by atoms with Crippen molar-refractivity contribution in [2.24, 2.45) is 0 Å². The molecule has 1 aromatic carbocycles. The van der Waals surface area contributed by atoms with E-state index in [1.165, 1.54) is 16.9 Å². The zero-order chi connectivity index (χ0) is 13.8. The molecule has 0 unspecified atom stereocenters. The molecule has 0 radical (unpaired) electrons. The zero-order valence-electron chi connectivity index (χ0n) is 12.5. The lowest BCUT2D eigenvalue weighted by Crippen LogP contribution is -2.25. The van der Waals surface area contributed by atoms with Gasteiger partial charge < -0.3 is 15.0 Å². The summed E-state index contributed by atoms with van der Waals surface area (Å²) in [5.74, 6) is 0. The molecule has 1 aromatic rings. The molecule has 0 aliphatic heterocycles. The van der Waals surface area contributed by atoms with Crippen molar-refractivity contribution >= 4 is 11.4 Å². The van der Waals surface area contributed by atoms with E-state index >= 15 is 0 Å². The summed E-state index contributed by atoms with van der Waals surface area (Å²) in [6, 6.07) is 6.48. The zero-order valence-corrected chi connectivity index (χ0v) is 12.5. The van der Waals surface area contributed by atoms with Gasteiger partial charge in [-0.1, -0.05) is 0 Å². The second-order valence-corrected chi connectivity index (χ2v) is 5.53. The van der Waals surface area contributed by atoms with E-state index in [9.17, 15) is 0 Å². The molecule has 0 aromatic heterocycles. The molecule has 0 saturated carbocycles. The summed E-state index contributed by atoms with van der Waals surface area (Å²) in [6.45, 7) is 7.27. The summed E-state index contributed by atoms with van der Waals surface area (Å²) >= 11 is 0. The minimum atomic E-state index is -0.0650. The van der Waals surface area contributed by atoms with E-state index in [1.54, 1.807) is 7.11 Å². The van der Waals surface area contributed by atoms with Crippen molar-refractivity contribution in [3.63, 3.8) is 0 Å². The number of rotatable bonds is 6. The van der Waals surface area contributed by atoms with E-state index in [0.717, 1.165) is 13.0 Å². The van der Waals surface area contributed by atoms with E-state index in [-0.39, 0.29) is 5.60 Å². The molecule has 3 heteroatoms. The van der Waals surface area contributed by atoms with Gasteiger partial charge in [0.05, 0.1) is 5.60 Å². The van der Waals surface area contributed by atoms with E-state index in [1.807, 2.05) is 0 Å². The summed E-state index contributed by atoms with van der Waals surface area (Å²) in [5.41, 5.74) is 3.64. The molecular weight excluding hydrogens is 224 g/mol. The van der Waals surface area contributed by atoms with Gasteiger partial charge in [0.25, 0.3) is 0 Å². The number of hydrogen-bond acceptors (Lipinski definition) is 3. The Morgan fingerprint density at radius 2 is 1.94 bits per heavy atom. The Labute approximate surface area is 111 Å². The number of ether oxygens (including phenoxy) is 1. The van der Waals surface area contributed by atoms with Crippen LogP contribution in [-0.4, -0.2) is 33.4 Å². The maximum atomic E-state index is 5.41. The highest BCUT2D eigenvalue weighted by Crippen LogP contribution is 2.22. The molecule has 1 N–H and O–H groups in total. The number of methoxy groups -OCH3 is 1. The van der Waals surface area contributed by atoms with Crippen LogP contribution in [0.25, 0.3) is 0 Å². The van der Waals surface area contributed by atoms with Crippen molar-refractivity contribution in [2.45, 2.75) is 32.8 Å². The molecule has 0 heterocycles. The first-order chi connectivity index (χ1) is 8.35. The fourth-order valence-corrected chi connectivity index (χ4v) is 1.72. The molecule has 0 saturated heterocycles. The van der Waals surface area contributed by atoms with Gasteiger partial charge in [0, 0.05) is 39.1 Å². The van der Waals surface area contributed by atoms with E-state index in [2.05, 4.69) is 63.3 Å². The molecule has 0 fully saturated rings. The number of nitrogens with zero attached hydrogens (tertiary/aromatic N) is 1. The predicted molar refractivity (Wildman–Crippen MR) is 79.7 cm³/mol. The molecule has 0 amide bonds. The van der Waals surface area contributed by atoms with Crippen LogP contribution in [0.2, 0.25) is 0 Å². The average molecular weight is 250 g/mol. The smallest absolute Gasteiger partial charge is 0.0639 e. The molecule has 0 spiro atoms. The normalized spacial score (nSPS) is 11.4. The van der Waals surface area contributed by atoms with E-state index in [0.29, 0.717) is 0 Å². The van der Waals surface area contributed by atoms with Gasteiger partial charge >= 0.3 is 0 Å². The first-order valence-electron chi connectivity index (χ1n) is 6.43. The predicted octanol–water partition coefficient (Wildman–Crippen LogP) is 3.29. The number of anilines is 2. The number of nitrogens with one attached hydrogen (secondary N) is 1. The first kappa shape index (κ1) is 14.8. The second-order valence-electron chi connectivity index (χ2n) is 5.53. The molecule has 102 valence electrons. The Morgan fingerprint density at radius 1 is 1.28 bits per heavy atom. The average Bonchev–Trinajstić information content (AvgIpc) is 2.31. The monoisotopic (exact) mass is 250 g/mol. The summed E-state index contributed by atoms with van der Waals surface area (Å²) < 4.78 is 5.41. The Bertz CT molecular complexity index is 386. The largest absolute Gasteiger partial charge is 0.385 e. The van der Waals surface area contributed by atoms with Gasteiger partial charge in [0.15, 0.2) is 0 Å². The highest BCUT2D eigenvalue weighted by Gasteiger charge is 2.15. The highest BCUT2D eigenvalue weighted by molar-refractivity contribution is 5.59. The van der Waals surface area contributed by atoms with Gasteiger partial charge in [-0.25, -0.2) is 0 Å². The van der Waals surface area contributed by atoms with Crippen LogP contribution in [0.4, 0.5) is 11.4 Å². The third-order valence-electron chi connectivity index (χ3n) is 3.32. The van der Waals surface area contributed by atoms with Crippen LogP contribution < -0.4 is 10.2 Å². The Kier molecular flexibility index (Phi) is 5.03. The SMILES string of the molecule is COC(C)(C)CCNc1ccc(N(C)C)cc1C. The van der Waals surface area contributed by atoms with Crippen molar-refractivity contribution in [1.82, 2.24) is 0 Å². The highest BCUT2D eigenvalue weighted by atomic mass is 16.5. The molecule has 0 atom stereocenters. The van der Waals surface area contributed by atoms with Gasteiger partial charge in [-0.05, 0) is 51.0 Å². The van der Waals surface area contributed by atoms with Crippen molar-refractivity contribution in [3.8, 4) is 0 Å². The van der Waals surface area contributed by atoms with Crippen LogP contribution in [0.1, 0.15) is 25.8 Å². The van der Waals surface area contributed by atoms with Gasteiger partial charge in [0.2, 0.25) is 0 Å². The summed E-state index contributed by atoms with van der Waals surface area (Å²) in [4.78, 5) is 2.12. The minimum Gasteiger partial charge on any atom is -0.385 e. The third kappa shape index (κ3) is 4.22. The Balaban J connectivity index is 2.58. The van der Waals surface area contributed by atoms with Crippen LogP contribution >= 0.6 is 0 Å². The lowest BCUT2D eigenvalue weighted by molar-refractivity contribution is 0.0185. The summed E-state index contributed by atoms with van der Waals surface area (Å²) in [6.07, 6.45) is 0.984. The van der Waals surface area contributed by atoms with E-state index < -0.39 is 0 Å². The fraction of sp³-hybridized carbons (Fsp3) is 0.600. The van der Waals surface area contributed by atoms with Crippen molar-refractivity contribution < 1.29 is 4.74 Å². The van der Waals surface area contributed by atoms with Gasteiger partial charge in [-0.2, -0.15) is 0 Å². The van der Waals surface area contributed by atoms with Crippen molar-refractivity contribution in [2.75, 3.05) is 38.0 Å². The molecule has 18 heavy (non-hydrogen) atoms. The fourth-order valence-electron chi connectivity index (χ4n) is 1.72. The number of benzene rings is 1. The van der Waals surface area contributed by atoms with E-state index in [4.69, 9.17) is 4.74 Å². The van der Waals surface area contributed by atoms with Crippen molar-refractivity contribution in [3.05, 3.63) is 23.8 Å². The number of hydrogen-bond donors (Lipinski definition) is 1. The molecule has 0 aliphatic rings. The van der Waals surface area contributed by atoms with Gasteiger partial charge in [-0.15, -0.1) is 0 Å². The second kappa shape index (κ2) is 6.10. The first-order valence-corrected chi connectivity index (χ1v) is 6.43. The topological polar surface area (TPSA) is 24.5 Å². The quantitative estimate of drug-likeness (QED) is 0.838. The number of aryl methyl sites for hydroxylation is 1. The summed E-state index contributed by atoms with van der Waals surface area (Å²) in [5, 5.41) is 3.47. The van der Waals surface area contributed by atoms with Gasteiger partial charge in [-0.3, -0.25) is 0 Å². The lowest BCUT2D eigenvalue weighted by atomic mass is 10.1. The van der Waals surface area contributed by atoms with Crippen LogP contribution in [0.5, 0.6) is 0 Å². The molecule has 0 bridgehead atoms. The van der Waals surface area contributed by atoms with Gasteiger partial charge in [0.1, 0.15) is 0 Å². The lowest BCUT2D eigenvalue weighted by Gasteiger charge is -2.23.